The highest BCUT2D eigenvalue weighted by atomic mass is 19.1. The zero-order valence-electron chi connectivity index (χ0n) is 24.9. The third-order valence-electron chi connectivity index (χ3n) is 9.57. The molecule has 4 unspecified atom stereocenters. The first-order valence-corrected chi connectivity index (χ1v) is 16.1. The molecule has 1 aliphatic carbocycles. The van der Waals surface area contributed by atoms with E-state index in [9.17, 15) is 24.2 Å². The SMILES string of the molecule is O=C(CCc1ccc(F)cc1CC1C2CCC(O2)C1c1nc(C(=O)NCCCCC2CCCCC2)co1)NC(CO)CO. The molecule has 2 aliphatic heterocycles. The minimum atomic E-state index is -0.703. The fraction of sp³-hybridized carbons (Fsp3) is 0.667. The molecule has 0 spiro atoms. The van der Waals surface area contributed by atoms with E-state index in [2.05, 4.69) is 15.6 Å². The summed E-state index contributed by atoms with van der Waals surface area (Å²) in [5.41, 5.74) is 1.93. The fourth-order valence-electron chi connectivity index (χ4n) is 7.23. The summed E-state index contributed by atoms with van der Waals surface area (Å²) in [6.45, 7) is -0.0743. The van der Waals surface area contributed by atoms with Crippen LogP contribution in [0.1, 0.15) is 104 Å². The van der Waals surface area contributed by atoms with E-state index in [0.717, 1.165) is 42.7 Å². The van der Waals surface area contributed by atoms with Crippen molar-refractivity contribution in [1.82, 2.24) is 15.6 Å². The first-order valence-electron chi connectivity index (χ1n) is 16.1. The van der Waals surface area contributed by atoms with Crippen molar-refractivity contribution in [2.45, 2.75) is 108 Å². The summed E-state index contributed by atoms with van der Waals surface area (Å²) >= 11 is 0. The number of aliphatic hydroxyl groups excluding tert-OH is 2. The number of aliphatic hydroxyl groups is 2. The van der Waals surface area contributed by atoms with E-state index in [1.807, 2.05) is 0 Å². The number of unbranched alkanes of at least 4 members (excludes halogenated alkanes) is 1. The lowest BCUT2D eigenvalue weighted by Crippen LogP contribution is -2.40. The first-order chi connectivity index (χ1) is 20.9. The number of halogens is 1. The molecule has 4 N–H and O–H groups in total. The average molecular weight is 600 g/mol. The Labute approximate surface area is 253 Å². The molecular formula is C33H46FN3O6. The predicted octanol–water partition coefficient (Wildman–Crippen LogP) is 4.20. The Hall–Kier alpha value is -2.82. The van der Waals surface area contributed by atoms with Gasteiger partial charge >= 0.3 is 0 Å². The van der Waals surface area contributed by atoms with Gasteiger partial charge in [-0.3, -0.25) is 9.59 Å². The number of nitrogens with zero attached hydrogens (tertiary/aromatic N) is 1. The number of aryl methyl sites for hydroxylation is 1. The van der Waals surface area contributed by atoms with Gasteiger partial charge in [0.2, 0.25) is 11.8 Å². The lowest BCUT2D eigenvalue weighted by atomic mass is 9.75. The number of benzene rings is 1. The molecule has 1 saturated carbocycles. The third kappa shape index (κ3) is 8.22. The maximum atomic E-state index is 14.4. The van der Waals surface area contributed by atoms with E-state index in [4.69, 9.17) is 9.15 Å². The minimum Gasteiger partial charge on any atom is -0.448 e. The van der Waals surface area contributed by atoms with Crippen LogP contribution in [0.15, 0.2) is 28.9 Å². The predicted molar refractivity (Wildman–Crippen MR) is 158 cm³/mol. The number of aromatic nitrogens is 1. The smallest absolute Gasteiger partial charge is 0.273 e. The summed E-state index contributed by atoms with van der Waals surface area (Å²) in [4.78, 5) is 29.8. The van der Waals surface area contributed by atoms with Gasteiger partial charge in [-0.25, -0.2) is 9.37 Å². The van der Waals surface area contributed by atoms with Crippen LogP contribution in [0.4, 0.5) is 4.39 Å². The zero-order chi connectivity index (χ0) is 30.2. The number of amides is 2. The van der Waals surface area contributed by atoms with E-state index in [1.165, 1.54) is 56.9 Å². The number of hydrogen-bond donors (Lipinski definition) is 4. The van der Waals surface area contributed by atoms with Gasteiger partial charge in [0.05, 0.1) is 37.4 Å². The molecule has 2 bridgehead atoms. The number of hydrogen-bond acceptors (Lipinski definition) is 7. The molecule has 2 amide bonds. The highest BCUT2D eigenvalue weighted by Gasteiger charge is 2.51. The zero-order valence-corrected chi connectivity index (χ0v) is 24.9. The van der Waals surface area contributed by atoms with Gasteiger partial charge in [0.15, 0.2) is 5.69 Å². The largest absolute Gasteiger partial charge is 0.448 e. The molecule has 4 atom stereocenters. The Morgan fingerprint density at radius 2 is 1.81 bits per heavy atom. The van der Waals surface area contributed by atoms with E-state index in [0.29, 0.717) is 25.3 Å². The molecular weight excluding hydrogens is 553 g/mol. The lowest BCUT2D eigenvalue weighted by Gasteiger charge is -2.26. The highest BCUT2D eigenvalue weighted by molar-refractivity contribution is 5.91. The topological polar surface area (TPSA) is 134 Å². The molecule has 3 fully saturated rings. The maximum Gasteiger partial charge on any atom is 0.273 e. The molecule has 236 valence electrons. The molecule has 5 rings (SSSR count). The number of carbonyl (C=O) groups is 2. The molecule has 10 heteroatoms. The fourth-order valence-corrected chi connectivity index (χ4v) is 7.23. The van der Waals surface area contributed by atoms with E-state index < -0.39 is 6.04 Å². The van der Waals surface area contributed by atoms with Crippen molar-refractivity contribution in [1.29, 1.82) is 0 Å². The Kier molecular flexibility index (Phi) is 11.2. The van der Waals surface area contributed by atoms with E-state index >= 15 is 0 Å². The van der Waals surface area contributed by atoms with Crippen LogP contribution in [0.2, 0.25) is 0 Å². The van der Waals surface area contributed by atoms with Crippen molar-refractivity contribution in [2.75, 3.05) is 19.8 Å². The molecule has 2 saturated heterocycles. The van der Waals surface area contributed by atoms with Gasteiger partial charge in [0.1, 0.15) is 12.1 Å². The van der Waals surface area contributed by atoms with Gasteiger partial charge in [0.25, 0.3) is 5.91 Å². The molecule has 43 heavy (non-hydrogen) atoms. The van der Waals surface area contributed by atoms with Crippen LogP contribution in [0.5, 0.6) is 0 Å². The minimum absolute atomic E-state index is 0.00404. The summed E-state index contributed by atoms with van der Waals surface area (Å²) in [7, 11) is 0. The van der Waals surface area contributed by atoms with Crippen molar-refractivity contribution < 1.29 is 33.3 Å². The summed E-state index contributed by atoms with van der Waals surface area (Å²) in [5.74, 6) is 0.303. The number of rotatable bonds is 15. The number of ether oxygens (including phenoxy) is 1. The molecule has 2 aromatic rings. The number of carbonyl (C=O) groups excluding carboxylic acids is 2. The van der Waals surface area contributed by atoms with Crippen molar-refractivity contribution in [3.8, 4) is 0 Å². The molecule has 1 aromatic heterocycles. The van der Waals surface area contributed by atoms with Crippen LogP contribution in [0, 0.1) is 17.7 Å². The van der Waals surface area contributed by atoms with E-state index in [-0.39, 0.29) is 67.0 Å². The van der Waals surface area contributed by atoms with Gasteiger partial charge in [-0.05, 0) is 61.3 Å². The number of fused-ring (bicyclic) bond motifs is 2. The van der Waals surface area contributed by atoms with Crippen LogP contribution in [-0.4, -0.2) is 65.0 Å². The van der Waals surface area contributed by atoms with Crippen LogP contribution in [0.3, 0.4) is 0 Å². The standard InChI is InChI=1S/C33H46FN3O6/c34-24-11-9-22(10-14-30(40)36-25(18-38)19-39)23(16-24)17-26-28-12-13-29(43-28)31(26)33-37-27(20-42-33)32(41)35-15-5-4-8-21-6-2-1-3-7-21/h9,11,16,20-21,25-26,28-29,31,38-39H,1-8,10,12-15,17-19H2,(H,35,41)(H,36,40). The first kappa shape index (κ1) is 31.6. The second kappa shape index (κ2) is 15.3. The Balaban J connectivity index is 1.18. The van der Waals surface area contributed by atoms with Gasteiger partial charge in [-0.2, -0.15) is 0 Å². The molecule has 3 aliphatic rings. The van der Waals surface area contributed by atoms with Gasteiger partial charge in [-0.1, -0.05) is 51.0 Å². The van der Waals surface area contributed by atoms with Crippen molar-refractivity contribution in [3.63, 3.8) is 0 Å². The quantitative estimate of drug-likeness (QED) is 0.226. The number of oxazole rings is 1. The summed E-state index contributed by atoms with van der Waals surface area (Å²) in [6, 6.07) is 3.92. The van der Waals surface area contributed by atoms with Crippen molar-refractivity contribution in [3.05, 3.63) is 53.0 Å². The number of nitrogens with one attached hydrogen (secondary N) is 2. The van der Waals surface area contributed by atoms with Crippen LogP contribution in [-0.2, 0) is 22.4 Å². The molecule has 1 aromatic carbocycles. The van der Waals surface area contributed by atoms with Crippen LogP contribution < -0.4 is 10.6 Å². The Morgan fingerprint density at radius 3 is 2.60 bits per heavy atom. The molecule has 3 heterocycles. The van der Waals surface area contributed by atoms with Gasteiger partial charge in [-0.15, -0.1) is 0 Å². The van der Waals surface area contributed by atoms with Crippen LogP contribution >= 0.6 is 0 Å². The Bertz CT molecular complexity index is 1210. The molecule has 0 radical (unpaired) electrons. The third-order valence-corrected chi connectivity index (χ3v) is 9.57. The van der Waals surface area contributed by atoms with Gasteiger partial charge in [0, 0.05) is 18.9 Å². The monoisotopic (exact) mass is 599 g/mol. The average Bonchev–Trinajstić information content (AvgIpc) is 3.77. The summed E-state index contributed by atoms with van der Waals surface area (Å²) in [5, 5.41) is 24.1. The molecule has 9 nitrogen and oxygen atoms in total. The van der Waals surface area contributed by atoms with Crippen LogP contribution in [0.25, 0.3) is 0 Å². The van der Waals surface area contributed by atoms with E-state index in [1.54, 1.807) is 6.07 Å². The normalized spacial score (nSPS) is 23.6. The second-order valence-electron chi connectivity index (χ2n) is 12.6. The summed E-state index contributed by atoms with van der Waals surface area (Å²) < 4.78 is 26.5. The van der Waals surface area contributed by atoms with Crippen molar-refractivity contribution >= 4 is 11.8 Å². The maximum absolute atomic E-state index is 14.4. The lowest BCUT2D eigenvalue weighted by molar-refractivity contribution is -0.122. The second-order valence-corrected chi connectivity index (χ2v) is 12.6. The van der Waals surface area contributed by atoms with Crippen molar-refractivity contribution in [2.24, 2.45) is 11.8 Å². The Morgan fingerprint density at radius 1 is 1.02 bits per heavy atom. The van der Waals surface area contributed by atoms with Gasteiger partial charge < -0.3 is 30.0 Å². The summed E-state index contributed by atoms with van der Waals surface area (Å²) in [6.07, 6.45) is 14.3. The highest BCUT2D eigenvalue weighted by Crippen LogP contribution is 2.50.